The van der Waals surface area contributed by atoms with E-state index in [1.54, 1.807) is 27.7 Å². The van der Waals surface area contributed by atoms with Gasteiger partial charge in [-0.15, -0.1) is 0 Å². The van der Waals surface area contributed by atoms with E-state index in [1.165, 1.54) is 0 Å². The van der Waals surface area contributed by atoms with Crippen LogP contribution in [-0.4, -0.2) is 86.7 Å². The molecule has 1 aliphatic rings. The summed E-state index contributed by atoms with van der Waals surface area (Å²) in [6.45, 7) is 7.23. The van der Waals surface area contributed by atoms with Gasteiger partial charge in [0.25, 0.3) is 0 Å². The maximum Gasteiger partial charge on any atom is 0.320 e. The van der Waals surface area contributed by atoms with Gasteiger partial charge in [-0.05, 0) is 11.8 Å². The van der Waals surface area contributed by atoms with E-state index >= 15 is 0 Å². The number of hydrogen-bond donors (Lipinski definition) is 9. The standard InChI is InChI=1S/C5H9NO3.2C5H11NO2.C2H5NO2/c7-3-1-4(5(8)9)6-2-3;2*1-3(2)4(6)5(7)8;3-1-2(4)5/h3-4,6-7H,1-2H2,(H,8,9);2*3-4H,6H2,1-2H3,(H,7,8);1,3H2,(H,4,5)/t3-,4+;2*4-;/m100./s1. The molecule has 1 rings (SSSR count). The molecule has 0 bridgehead atoms. The first-order chi connectivity index (χ1) is 13.6. The van der Waals surface area contributed by atoms with Crippen molar-refractivity contribution in [2.45, 2.75) is 58.3 Å². The second-order valence-electron chi connectivity index (χ2n) is 7.00. The summed E-state index contributed by atoms with van der Waals surface area (Å²) in [5.74, 6) is -3.67. The summed E-state index contributed by atoms with van der Waals surface area (Å²) < 4.78 is 0. The quantitative estimate of drug-likeness (QED) is 0.215. The number of carboxylic acids is 4. The summed E-state index contributed by atoms with van der Waals surface area (Å²) in [7, 11) is 0. The first-order valence-corrected chi connectivity index (χ1v) is 9.11. The van der Waals surface area contributed by atoms with Crippen molar-refractivity contribution in [3.05, 3.63) is 0 Å². The minimum Gasteiger partial charge on any atom is -0.480 e. The van der Waals surface area contributed by atoms with Crippen LogP contribution in [-0.2, 0) is 19.2 Å². The molecule has 0 aliphatic carbocycles. The van der Waals surface area contributed by atoms with E-state index in [0.29, 0.717) is 13.0 Å². The lowest BCUT2D eigenvalue weighted by molar-refractivity contribution is -0.140. The Kier molecular flexibility index (Phi) is 18.9. The zero-order chi connectivity index (χ0) is 24.6. The highest BCUT2D eigenvalue weighted by Gasteiger charge is 2.27. The Hall–Kier alpha value is -2.32. The van der Waals surface area contributed by atoms with Gasteiger partial charge in [-0.3, -0.25) is 19.2 Å². The number of nitrogens with one attached hydrogen (secondary N) is 1. The Morgan fingerprint density at radius 3 is 1.30 bits per heavy atom. The van der Waals surface area contributed by atoms with Gasteiger partial charge in [-0.2, -0.15) is 0 Å². The van der Waals surface area contributed by atoms with Gasteiger partial charge in [0.1, 0.15) is 18.1 Å². The molecule has 30 heavy (non-hydrogen) atoms. The maximum absolute atomic E-state index is 10.2. The molecule has 0 spiro atoms. The number of β-amino-alcohol motifs (C(OH)–C–C–N with tert-alkyl or cyclic N) is 1. The largest absolute Gasteiger partial charge is 0.480 e. The number of carboxylic acid groups (broad SMARTS) is 4. The minimum atomic E-state index is -0.968. The average Bonchev–Trinajstić information content (AvgIpc) is 3.08. The summed E-state index contributed by atoms with van der Waals surface area (Å²) in [5.41, 5.74) is 14.9. The molecule has 13 nitrogen and oxygen atoms in total. The molecule has 1 fully saturated rings. The Labute approximate surface area is 175 Å². The second kappa shape index (κ2) is 17.5. The molecular weight excluding hydrogens is 404 g/mol. The van der Waals surface area contributed by atoms with Gasteiger partial charge in [0.15, 0.2) is 0 Å². The molecule has 1 saturated heterocycles. The van der Waals surface area contributed by atoms with Crippen molar-refractivity contribution in [2.24, 2.45) is 29.0 Å². The Balaban J connectivity index is -0.000000331. The molecule has 0 amide bonds. The number of carbonyl (C=O) groups is 4. The lowest BCUT2D eigenvalue weighted by Crippen LogP contribution is -2.34. The van der Waals surface area contributed by atoms with Crippen LogP contribution in [0.3, 0.4) is 0 Å². The Morgan fingerprint density at radius 1 is 0.900 bits per heavy atom. The van der Waals surface area contributed by atoms with E-state index in [2.05, 4.69) is 11.1 Å². The number of aliphatic carboxylic acids is 4. The fourth-order valence-corrected chi connectivity index (χ4v) is 1.48. The first-order valence-electron chi connectivity index (χ1n) is 9.11. The molecule has 12 N–H and O–H groups in total. The normalized spacial score (nSPS) is 19.1. The Bertz CT molecular complexity index is 505. The van der Waals surface area contributed by atoms with Crippen molar-refractivity contribution in [3.8, 4) is 0 Å². The number of aliphatic hydroxyl groups is 1. The molecule has 1 aliphatic heterocycles. The van der Waals surface area contributed by atoms with Crippen molar-refractivity contribution in [1.29, 1.82) is 0 Å². The van der Waals surface area contributed by atoms with E-state index in [1.807, 2.05) is 0 Å². The molecule has 4 atom stereocenters. The molecule has 0 radical (unpaired) electrons. The maximum atomic E-state index is 10.2. The topological polar surface area (TPSA) is 260 Å². The van der Waals surface area contributed by atoms with Crippen LogP contribution in [0.15, 0.2) is 0 Å². The minimum absolute atomic E-state index is 0.0208. The lowest BCUT2D eigenvalue weighted by atomic mass is 10.1. The average molecular weight is 440 g/mol. The summed E-state index contributed by atoms with van der Waals surface area (Å²) in [4.78, 5) is 39.4. The molecule has 0 aromatic rings. The fraction of sp³-hybridized carbons (Fsp3) is 0.765. The van der Waals surface area contributed by atoms with Gasteiger partial charge >= 0.3 is 23.9 Å². The molecule has 0 aromatic carbocycles. The van der Waals surface area contributed by atoms with Crippen LogP contribution in [0.25, 0.3) is 0 Å². The van der Waals surface area contributed by atoms with Crippen molar-refractivity contribution >= 4 is 23.9 Å². The summed E-state index contributed by atoms with van der Waals surface area (Å²) in [5, 5.41) is 43.9. The second-order valence-corrected chi connectivity index (χ2v) is 7.00. The van der Waals surface area contributed by atoms with Crippen molar-refractivity contribution < 1.29 is 44.7 Å². The lowest BCUT2D eigenvalue weighted by Gasteiger charge is -2.07. The predicted molar refractivity (Wildman–Crippen MR) is 108 cm³/mol. The molecule has 0 unspecified atom stereocenters. The number of aliphatic hydroxyl groups excluding tert-OH is 1. The highest BCUT2D eigenvalue weighted by Crippen LogP contribution is 2.05. The molecule has 178 valence electrons. The summed E-state index contributed by atoms with van der Waals surface area (Å²) in [6.07, 6.45) is -0.152. The first kappa shape index (κ1) is 32.3. The zero-order valence-corrected chi connectivity index (χ0v) is 17.7. The van der Waals surface area contributed by atoms with Gasteiger partial charge in [-0.25, -0.2) is 0 Å². The Morgan fingerprint density at radius 2 is 1.23 bits per heavy atom. The predicted octanol–water partition coefficient (Wildman–Crippen LogP) is -2.07. The SMILES string of the molecule is CC(C)[C@H](N)C(=O)O.CC(C)[C@H](N)C(=O)O.NCC(=O)O.O=C(O)[C@@H]1C[C@@H](O)CN1. The van der Waals surface area contributed by atoms with E-state index in [4.69, 9.17) is 37.0 Å². The van der Waals surface area contributed by atoms with Gasteiger partial charge < -0.3 is 48.1 Å². The zero-order valence-electron chi connectivity index (χ0n) is 17.7. The fourth-order valence-electron chi connectivity index (χ4n) is 1.48. The van der Waals surface area contributed by atoms with Crippen molar-refractivity contribution in [3.63, 3.8) is 0 Å². The number of rotatable bonds is 6. The van der Waals surface area contributed by atoms with Crippen LogP contribution < -0.4 is 22.5 Å². The van der Waals surface area contributed by atoms with Crippen LogP contribution >= 0.6 is 0 Å². The van der Waals surface area contributed by atoms with Crippen LogP contribution in [0, 0.1) is 11.8 Å². The smallest absolute Gasteiger partial charge is 0.320 e. The van der Waals surface area contributed by atoms with Crippen LogP contribution in [0.5, 0.6) is 0 Å². The number of nitrogens with two attached hydrogens (primary N) is 3. The van der Waals surface area contributed by atoms with Crippen LogP contribution in [0.2, 0.25) is 0 Å². The molecule has 0 aromatic heterocycles. The van der Waals surface area contributed by atoms with Gasteiger partial charge in [0.05, 0.1) is 12.6 Å². The highest BCUT2D eigenvalue weighted by atomic mass is 16.4. The van der Waals surface area contributed by atoms with Crippen LogP contribution in [0.4, 0.5) is 0 Å². The van der Waals surface area contributed by atoms with Crippen molar-refractivity contribution in [2.75, 3.05) is 13.1 Å². The van der Waals surface area contributed by atoms with Crippen molar-refractivity contribution in [1.82, 2.24) is 5.32 Å². The van der Waals surface area contributed by atoms with Gasteiger partial charge in [0.2, 0.25) is 0 Å². The van der Waals surface area contributed by atoms with Gasteiger partial charge in [0, 0.05) is 13.0 Å². The van der Waals surface area contributed by atoms with E-state index < -0.39 is 48.1 Å². The summed E-state index contributed by atoms with van der Waals surface area (Å²) in [6, 6.07) is -1.97. The molecular formula is C17H36N4O9. The van der Waals surface area contributed by atoms with Crippen LogP contribution in [0.1, 0.15) is 34.1 Å². The van der Waals surface area contributed by atoms with E-state index in [-0.39, 0.29) is 18.4 Å². The highest BCUT2D eigenvalue weighted by molar-refractivity contribution is 5.74. The monoisotopic (exact) mass is 440 g/mol. The molecule has 0 saturated carbocycles. The molecule has 13 heteroatoms. The molecule has 1 heterocycles. The third-order valence-electron chi connectivity index (χ3n) is 3.59. The van der Waals surface area contributed by atoms with Gasteiger partial charge in [-0.1, -0.05) is 27.7 Å². The summed E-state index contributed by atoms with van der Waals surface area (Å²) >= 11 is 0. The third kappa shape index (κ3) is 19.0. The van der Waals surface area contributed by atoms with E-state index in [9.17, 15) is 19.2 Å². The van der Waals surface area contributed by atoms with E-state index in [0.717, 1.165) is 0 Å². The third-order valence-corrected chi connectivity index (χ3v) is 3.59. The number of hydrogen-bond acceptors (Lipinski definition) is 9.